The van der Waals surface area contributed by atoms with Gasteiger partial charge in [-0.25, -0.2) is 0 Å². The minimum absolute atomic E-state index is 0.0855. The van der Waals surface area contributed by atoms with E-state index in [9.17, 15) is 30.7 Å². The summed E-state index contributed by atoms with van der Waals surface area (Å²) in [5.41, 5.74) is 21.3. The lowest BCUT2D eigenvalue weighted by atomic mass is 9.92. The van der Waals surface area contributed by atoms with Crippen molar-refractivity contribution in [3.8, 4) is 22.6 Å². The molecule has 286 valence electrons. The van der Waals surface area contributed by atoms with Crippen molar-refractivity contribution in [1.82, 2.24) is 0 Å². The van der Waals surface area contributed by atoms with Crippen LogP contribution in [0, 0.1) is 0 Å². The summed E-state index contributed by atoms with van der Waals surface area (Å²) in [5.74, 6) is -0.537. The van der Waals surface area contributed by atoms with Crippen LogP contribution in [0.2, 0.25) is 0 Å². The highest BCUT2D eigenvalue weighted by atomic mass is 32.2. The maximum absolute atomic E-state index is 13.8. The van der Waals surface area contributed by atoms with Gasteiger partial charge in [0.2, 0.25) is 5.78 Å². The summed E-state index contributed by atoms with van der Waals surface area (Å²) in [7, 11) is -7.37. The number of carbonyl (C=O) groups excluding carboxylic acids is 1. The molecule has 0 atom stereocenters. The van der Waals surface area contributed by atoms with Gasteiger partial charge in [0.25, 0.3) is 20.2 Å². The van der Waals surface area contributed by atoms with Crippen molar-refractivity contribution in [2.45, 2.75) is 4.90 Å². The van der Waals surface area contributed by atoms with Crippen LogP contribution in [-0.2, 0) is 20.2 Å². The second-order valence-corrected chi connectivity index (χ2v) is 14.6. The van der Waals surface area contributed by atoms with Crippen molar-refractivity contribution in [1.29, 1.82) is 0 Å². The number of nitrogens with two attached hydrogens (primary N) is 3. The lowest BCUT2D eigenvalue weighted by molar-refractivity contribution is 0.106. The lowest BCUT2D eigenvalue weighted by Gasteiger charge is -2.20. The van der Waals surface area contributed by atoms with Crippen LogP contribution < -0.4 is 32.1 Å². The maximum atomic E-state index is 13.8. The Hall–Kier alpha value is -7.00. The molecule has 9 N–H and O–H groups in total. The second-order valence-electron chi connectivity index (χ2n) is 11.8. The molecule has 0 fully saturated rings. The SMILES string of the molecule is COc1cc(-c2ccc(N=Nc3c(S(=O)(=O)O)cc4c(c3N)C(=O)/C(=N\Nc3ccccc3)C(S(=O)(=O)O)=C4)c(OC)c2)ccc1N=Nc1ccc(N)cc1N. The topological polar surface area (TPSA) is 296 Å². The molecule has 0 saturated carbocycles. The first-order chi connectivity index (χ1) is 26.6. The normalized spacial score (nSPS) is 13.9. The highest BCUT2D eigenvalue weighted by Crippen LogP contribution is 2.43. The monoisotopic (exact) mass is 797 g/mol. The van der Waals surface area contributed by atoms with Gasteiger partial charge in [-0.1, -0.05) is 30.3 Å². The van der Waals surface area contributed by atoms with Gasteiger partial charge >= 0.3 is 0 Å². The largest absolute Gasteiger partial charge is 0.494 e. The summed E-state index contributed by atoms with van der Waals surface area (Å²) >= 11 is 0. The van der Waals surface area contributed by atoms with E-state index in [2.05, 4.69) is 31.0 Å². The molecule has 0 unspecified atom stereocenters. The Kier molecular flexibility index (Phi) is 10.6. The summed E-state index contributed by atoms with van der Waals surface area (Å²) in [6, 6.07) is 23.8. The van der Waals surface area contributed by atoms with Crippen molar-refractivity contribution >= 4 is 83.3 Å². The van der Waals surface area contributed by atoms with Gasteiger partial charge in [0.1, 0.15) is 44.0 Å². The number of fused-ring (bicyclic) bond motifs is 1. The Labute approximate surface area is 319 Å². The first-order valence-corrected chi connectivity index (χ1v) is 18.9. The van der Waals surface area contributed by atoms with Gasteiger partial charge in [-0.05, 0) is 83.4 Å². The van der Waals surface area contributed by atoms with E-state index in [0.29, 0.717) is 45.3 Å². The Balaban J connectivity index is 1.37. The van der Waals surface area contributed by atoms with Crippen molar-refractivity contribution < 1.29 is 40.2 Å². The zero-order valence-electron chi connectivity index (χ0n) is 29.3. The Bertz CT molecular complexity index is 2750. The van der Waals surface area contributed by atoms with Crippen LogP contribution in [-0.4, -0.2) is 51.7 Å². The van der Waals surface area contributed by atoms with E-state index >= 15 is 0 Å². The number of nitrogen functional groups attached to an aromatic ring is 3. The molecule has 20 heteroatoms. The molecular weight excluding hydrogens is 767 g/mol. The van der Waals surface area contributed by atoms with E-state index in [1.54, 1.807) is 78.9 Å². The number of hydrazone groups is 1. The highest BCUT2D eigenvalue weighted by molar-refractivity contribution is 7.91. The summed E-state index contributed by atoms with van der Waals surface area (Å²) in [4.78, 5) is 11.9. The molecule has 0 bridgehead atoms. The van der Waals surface area contributed by atoms with E-state index in [1.165, 1.54) is 20.3 Å². The van der Waals surface area contributed by atoms with Crippen molar-refractivity contribution in [2.75, 3.05) is 36.8 Å². The lowest BCUT2D eigenvalue weighted by Crippen LogP contribution is -2.28. The Morgan fingerprint density at radius 3 is 1.80 bits per heavy atom. The minimum atomic E-state index is -5.11. The third kappa shape index (κ3) is 8.07. The average Bonchev–Trinajstić information content (AvgIpc) is 3.16. The Morgan fingerprint density at radius 1 is 0.679 bits per heavy atom. The van der Waals surface area contributed by atoms with E-state index in [0.717, 1.165) is 12.1 Å². The first kappa shape index (κ1) is 38.7. The molecule has 0 aliphatic heterocycles. The van der Waals surface area contributed by atoms with E-state index in [-0.39, 0.29) is 17.0 Å². The minimum Gasteiger partial charge on any atom is -0.494 e. The van der Waals surface area contributed by atoms with Gasteiger partial charge in [-0.15, -0.1) is 20.5 Å². The predicted octanol–water partition coefficient (Wildman–Crippen LogP) is 7.09. The predicted molar refractivity (Wildman–Crippen MR) is 211 cm³/mol. The molecule has 5 aromatic carbocycles. The quantitative estimate of drug-likeness (QED) is 0.0337. The van der Waals surface area contributed by atoms with E-state index in [4.69, 9.17) is 26.7 Å². The van der Waals surface area contributed by atoms with Crippen LogP contribution in [0.25, 0.3) is 17.2 Å². The number of hydrogen-bond donors (Lipinski definition) is 6. The third-order valence-corrected chi connectivity index (χ3v) is 9.92. The van der Waals surface area contributed by atoms with Crippen LogP contribution in [0.4, 0.5) is 45.5 Å². The van der Waals surface area contributed by atoms with Crippen LogP contribution in [0.5, 0.6) is 11.5 Å². The summed E-state index contributed by atoms with van der Waals surface area (Å²) in [6.45, 7) is 0. The first-order valence-electron chi connectivity index (χ1n) is 16.0. The number of methoxy groups -OCH3 is 2. The maximum Gasteiger partial charge on any atom is 0.296 e. The summed E-state index contributed by atoms with van der Waals surface area (Å²) < 4.78 is 81.0. The number of ether oxygens (including phenoxy) is 2. The van der Waals surface area contributed by atoms with Crippen molar-refractivity contribution in [2.24, 2.45) is 25.6 Å². The number of allylic oxidation sites excluding steroid dienone is 1. The van der Waals surface area contributed by atoms with Crippen LogP contribution >= 0.6 is 0 Å². The molecule has 0 radical (unpaired) electrons. The molecular formula is C36H31N9O9S2. The molecule has 5 aromatic rings. The molecule has 0 amide bonds. The molecule has 0 aromatic heterocycles. The van der Waals surface area contributed by atoms with Crippen LogP contribution in [0.1, 0.15) is 15.9 Å². The average molecular weight is 798 g/mol. The van der Waals surface area contributed by atoms with Gasteiger partial charge in [0.15, 0.2) is 5.71 Å². The fraction of sp³-hybridized carbons (Fsp3) is 0.0556. The fourth-order valence-corrected chi connectivity index (χ4v) is 6.82. The molecule has 18 nitrogen and oxygen atoms in total. The highest BCUT2D eigenvalue weighted by Gasteiger charge is 2.37. The fourth-order valence-electron chi connectivity index (χ4n) is 5.49. The molecule has 56 heavy (non-hydrogen) atoms. The number of nitrogens with zero attached hydrogens (tertiary/aromatic N) is 5. The number of benzene rings is 5. The number of ketones is 1. The van der Waals surface area contributed by atoms with Crippen molar-refractivity contribution in [3.05, 3.63) is 107 Å². The molecule has 1 aliphatic rings. The number of nitrogens with one attached hydrogen (secondary N) is 1. The molecule has 0 spiro atoms. The summed E-state index contributed by atoms with van der Waals surface area (Å²) in [5, 5.41) is 20.5. The smallest absolute Gasteiger partial charge is 0.296 e. The number of para-hydroxylation sites is 1. The zero-order valence-corrected chi connectivity index (χ0v) is 30.9. The summed E-state index contributed by atoms with van der Waals surface area (Å²) in [6.07, 6.45) is 0.797. The standard InChI is InChI=1S/C36H31N9O9S2/c1-53-28-14-19(8-11-26(28)42-41-25-13-10-22(37)18-24(25)38)20-9-12-27(29(15-20)54-2)43-44-34-30(55(47,48)49)16-21-17-31(56(50,51)52)35(36(46)32(21)33(34)39)45-40-23-6-4-3-5-7-23/h3-18,40H,37-39H2,1-2H3,(H,47,48,49)(H,50,51,52)/b42-41?,44-43?,45-35-. The number of rotatable bonds is 11. The van der Waals surface area contributed by atoms with Gasteiger partial charge in [-0.2, -0.15) is 21.9 Å². The second kappa shape index (κ2) is 15.4. The van der Waals surface area contributed by atoms with Crippen LogP contribution in [0.15, 0.2) is 126 Å². The number of hydrogen-bond acceptors (Lipinski definition) is 16. The number of anilines is 4. The van der Waals surface area contributed by atoms with Gasteiger partial charge < -0.3 is 26.7 Å². The van der Waals surface area contributed by atoms with Gasteiger partial charge in [-0.3, -0.25) is 19.3 Å². The molecule has 0 heterocycles. The molecule has 0 saturated heterocycles. The Morgan fingerprint density at radius 2 is 1.25 bits per heavy atom. The molecule has 6 rings (SSSR count). The number of azo groups is 2. The molecule has 1 aliphatic carbocycles. The van der Waals surface area contributed by atoms with Crippen LogP contribution in [0.3, 0.4) is 0 Å². The van der Waals surface area contributed by atoms with E-state index < -0.39 is 58.5 Å². The van der Waals surface area contributed by atoms with Gasteiger partial charge in [0.05, 0.1) is 36.8 Å². The zero-order chi connectivity index (χ0) is 40.4. The van der Waals surface area contributed by atoms with Crippen molar-refractivity contribution in [3.63, 3.8) is 0 Å². The third-order valence-electron chi connectivity index (χ3n) is 8.19. The van der Waals surface area contributed by atoms with E-state index in [1.807, 2.05) is 0 Å². The number of Topliss-reactive ketones (excluding diaryl/α,β-unsaturated/α-hetero) is 1. The number of carbonyl (C=O) groups is 1. The van der Waals surface area contributed by atoms with Gasteiger partial charge in [0, 0.05) is 5.69 Å².